The molecule has 0 radical (unpaired) electrons. The topological polar surface area (TPSA) is 29.5 Å². The Labute approximate surface area is 167 Å². The van der Waals surface area contributed by atoms with Gasteiger partial charge in [0, 0.05) is 0 Å². The van der Waals surface area contributed by atoms with Gasteiger partial charge in [0.2, 0.25) is 0 Å². The van der Waals surface area contributed by atoms with Crippen molar-refractivity contribution in [3.8, 4) is 5.75 Å². The molecule has 0 fully saturated rings. The van der Waals surface area contributed by atoms with Crippen LogP contribution in [0.3, 0.4) is 0 Å². The highest BCUT2D eigenvalue weighted by Crippen LogP contribution is 2.13. The van der Waals surface area contributed by atoms with E-state index in [1.54, 1.807) is 0 Å². The molecule has 4 rings (SSSR count). The van der Waals surface area contributed by atoms with Crippen LogP contribution >= 0.6 is 0 Å². The molecule has 0 aliphatic rings. The molecule has 0 heterocycles. The first kappa shape index (κ1) is 18.3. The Bertz CT molecular complexity index is 910. The van der Waals surface area contributed by atoms with Crippen molar-refractivity contribution >= 4 is 36.5 Å². The smallest absolute Gasteiger partial charge is 0.504 e. The SMILES string of the molecule is OBOc1ccc([Si](c2ccccc2)(c2ccccc2)c2ccccc2)cc1. The van der Waals surface area contributed by atoms with Crippen molar-refractivity contribution in [3.05, 3.63) is 115 Å². The van der Waals surface area contributed by atoms with Crippen LogP contribution in [0.5, 0.6) is 5.75 Å². The summed E-state index contributed by atoms with van der Waals surface area (Å²) in [6.07, 6.45) is 0. The van der Waals surface area contributed by atoms with Gasteiger partial charge in [-0.05, 0) is 32.9 Å². The van der Waals surface area contributed by atoms with E-state index in [4.69, 9.17) is 9.68 Å². The van der Waals surface area contributed by atoms with Crippen molar-refractivity contribution in [1.29, 1.82) is 0 Å². The molecular weight excluding hydrogens is 359 g/mol. The summed E-state index contributed by atoms with van der Waals surface area (Å²) in [7, 11) is -2.79. The Morgan fingerprint density at radius 3 is 1.21 bits per heavy atom. The lowest BCUT2D eigenvalue weighted by Gasteiger charge is -2.34. The van der Waals surface area contributed by atoms with Gasteiger partial charge in [0.15, 0.2) is 8.07 Å². The van der Waals surface area contributed by atoms with Gasteiger partial charge in [0.1, 0.15) is 5.75 Å². The van der Waals surface area contributed by atoms with Crippen molar-refractivity contribution in [2.24, 2.45) is 0 Å². The van der Waals surface area contributed by atoms with Crippen LogP contribution in [0, 0.1) is 0 Å². The third-order valence-electron chi connectivity index (χ3n) is 5.14. The van der Waals surface area contributed by atoms with E-state index < -0.39 is 8.07 Å². The maximum Gasteiger partial charge on any atom is 0.504 e. The Kier molecular flexibility index (Phi) is 5.42. The Balaban J connectivity index is 2.04. The minimum atomic E-state index is -2.46. The van der Waals surface area contributed by atoms with E-state index in [1.165, 1.54) is 20.7 Å². The molecule has 136 valence electrons. The lowest BCUT2D eigenvalue weighted by molar-refractivity contribution is 0.454. The van der Waals surface area contributed by atoms with Crippen molar-refractivity contribution in [1.82, 2.24) is 0 Å². The average molecular weight is 380 g/mol. The fraction of sp³-hybridized carbons (Fsp3) is 0. The largest absolute Gasteiger partial charge is 0.539 e. The average Bonchev–Trinajstić information content (AvgIpc) is 2.78. The molecule has 0 aromatic heterocycles. The molecule has 0 saturated heterocycles. The minimum Gasteiger partial charge on any atom is -0.539 e. The van der Waals surface area contributed by atoms with E-state index in [2.05, 4.69) is 103 Å². The quantitative estimate of drug-likeness (QED) is 0.408. The molecule has 0 unspecified atom stereocenters. The van der Waals surface area contributed by atoms with Gasteiger partial charge in [-0.1, -0.05) is 103 Å². The summed E-state index contributed by atoms with van der Waals surface area (Å²) in [5.41, 5.74) is 0. The monoisotopic (exact) mass is 380 g/mol. The van der Waals surface area contributed by atoms with Crippen molar-refractivity contribution in [2.75, 3.05) is 0 Å². The fourth-order valence-corrected chi connectivity index (χ4v) is 8.68. The summed E-state index contributed by atoms with van der Waals surface area (Å²) < 4.78 is 5.26. The molecule has 0 aliphatic heterocycles. The van der Waals surface area contributed by atoms with Gasteiger partial charge in [0.05, 0.1) is 0 Å². The molecule has 0 amide bonds. The van der Waals surface area contributed by atoms with Gasteiger partial charge in [-0.15, -0.1) is 0 Å². The zero-order valence-electron chi connectivity index (χ0n) is 15.5. The van der Waals surface area contributed by atoms with Crippen LogP contribution in [-0.4, -0.2) is 20.8 Å². The summed E-state index contributed by atoms with van der Waals surface area (Å²) in [6, 6.07) is 40.5. The van der Waals surface area contributed by atoms with E-state index in [9.17, 15) is 0 Å². The highest BCUT2D eigenvalue weighted by molar-refractivity contribution is 7.19. The third kappa shape index (κ3) is 3.28. The van der Waals surface area contributed by atoms with E-state index in [0.717, 1.165) is 0 Å². The second kappa shape index (κ2) is 8.30. The highest BCUT2D eigenvalue weighted by Gasteiger charge is 2.41. The summed E-state index contributed by atoms with van der Waals surface area (Å²) in [6.45, 7) is 0. The van der Waals surface area contributed by atoms with Crippen molar-refractivity contribution in [2.45, 2.75) is 0 Å². The molecule has 0 atom stereocenters. The molecular formula is C24H21BO2Si. The standard InChI is InChI=1S/C24H21BO2Si/c26-25-27-20-16-18-24(19-17-20)28(21-10-4-1-5-11-21,22-12-6-2-7-13-22)23-14-8-3-9-15-23/h1-19,25-26H. The normalized spacial score (nSPS) is 11.0. The summed E-state index contributed by atoms with van der Waals surface area (Å²) >= 11 is 0. The van der Waals surface area contributed by atoms with E-state index in [-0.39, 0.29) is 7.69 Å². The molecule has 0 saturated carbocycles. The van der Waals surface area contributed by atoms with Gasteiger partial charge < -0.3 is 9.68 Å². The lowest BCUT2D eigenvalue weighted by Crippen LogP contribution is -2.74. The number of hydrogen-bond acceptors (Lipinski definition) is 2. The predicted molar refractivity (Wildman–Crippen MR) is 120 cm³/mol. The first-order chi connectivity index (χ1) is 13.9. The molecule has 2 nitrogen and oxygen atoms in total. The second-order valence-electron chi connectivity index (χ2n) is 6.65. The summed E-state index contributed by atoms with van der Waals surface area (Å²) in [4.78, 5) is 0. The molecule has 0 aliphatic carbocycles. The summed E-state index contributed by atoms with van der Waals surface area (Å²) in [5.74, 6) is 0.670. The van der Waals surface area contributed by atoms with Crippen LogP contribution in [0.15, 0.2) is 115 Å². The zero-order valence-corrected chi connectivity index (χ0v) is 16.5. The Morgan fingerprint density at radius 2 is 0.857 bits per heavy atom. The van der Waals surface area contributed by atoms with Crippen LogP contribution in [0.25, 0.3) is 0 Å². The number of rotatable bonds is 6. The number of hydrogen-bond donors (Lipinski definition) is 1. The molecule has 0 spiro atoms. The van der Waals surface area contributed by atoms with E-state index in [0.29, 0.717) is 5.75 Å². The van der Waals surface area contributed by atoms with E-state index in [1.807, 2.05) is 12.1 Å². The first-order valence-corrected chi connectivity index (χ1v) is 11.4. The number of benzene rings is 4. The van der Waals surface area contributed by atoms with Crippen LogP contribution in [0.1, 0.15) is 0 Å². The van der Waals surface area contributed by atoms with Gasteiger partial charge in [0.25, 0.3) is 0 Å². The maximum absolute atomic E-state index is 9.07. The highest BCUT2D eigenvalue weighted by atomic mass is 28.3. The van der Waals surface area contributed by atoms with Gasteiger partial charge in [-0.3, -0.25) is 0 Å². The Hall–Kier alpha value is -3.08. The van der Waals surface area contributed by atoms with Crippen LogP contribution in [0.4, 0.5) is 0 Å². The van der Waals surface area contributed by atoms with Gasteiger partial charge in [-0.25, -0.2) is 0 Å². The fourth-order valence-electron chi connectivity index (χ4n) is 3.94. The Morgan fingerprint density at radius 1 is 0.500 bits per heavy atom. The maximum atomic E-state index is 9.07. The summed E-state index contributed by atoms with van der Waals surface area (Å²) in [5, 5.41) is 14.4. The first-order valence-electron chi connectivity index (χ1n) is 9.36. The molecule has 4 aromatic carbocycles. The van der Waals surface area contributed by atoms with Crippen LogP contribution < -0.4 is 25.4 Å². The molecule has 0 bridgehead atoms. The molecule has 4 aromatic rings. The van der Waals surface area contributed by atoms with E-state index >= 15 is 0 Å². The van der Waals surface area contributed by atoms with Crippen molar-refractivity contribution in [3.63, 3.8) is 0 Å². The zero-order chi connectivity index (χ0) is 19.2. The molecule has 4 heteroatoms. The molecule has 1 N–H and O–H groups in total. The third-order valence-corrected chi connectivity index (χ3v) is 9.94. The van der Waals surface area contributed by atoms with Gasteiger partial charge >= 0.3 is 7.69 Å². The lowest BCUT2D eigenvalue weighted by atomic mass is 10.3. The van der Waals surface area contributed by atoms with Crippen molar-refractivity contribution < 1.29 is 9.68 Å². The molecule has 28 heavy (non-hydrogen) atoms. The van der Waals surface area contributed by atoms with Crippen LogP contribution in [0.2, 0.25) is 0 Å². The minimum absolute atomic E-state index is 0.321. The second-order valence-corrected chi connectivity index (χ2v) is 10.5. The van der Waals surface area contributed by atoms with Gasteiger partial charge in [-0.2, -0.15) is 0 Å². The van der Waals surface area contributed by atoms with Crippen LogP contribution in [-0.2, 0) is 0 Å². The predicted octanol–water partition coefficient (Wildman–Crippen LogP) is 1.70.